The summed E-state index contributed by atoms with van der Waals surface area (Å²) >= 11 is 0. The van der Waals surface area contributed by atoms with Gasteiger partial charge in [-0.2, -0.15) is 15.5 Å². The number of nitriles is 1. The number of anilines is 3. The van der Waals surface area contributed by atoms with Crippen molar-refractivity contribution in [2.75, 3.05) is 62.7 Å². The van der Waals surface area contributed by atoms with Crippen molar-refractivity contribution in [2.45, 2.75) is 111 Å². The van der Waals surface area contributed by atoms with Gasteiger partial charge in [0.2, 0.25) is 5.91 Å². The molecule has 1 saturated carbocycles. The number of nitrogens with zero attached hydrogens (tertiary/aromatic N) is 9. The molecule has 0 unspecified atom stereocenters. The number of amides is 2. The van der Waals surface area contributed by atoms with Crippen molar-refractivity contribution in [3.05, 3.63) is 101 Å². The van der Waals surface area contributed by atoms with Crippen molar-refractivity contribution in [1.29, 1.82) is 5.26 Å². The molecule has 3 fully saturated rings. The molecule has 14 nitrogen and oxygen atoms in total. The smallest absolute Gasteiger partial charge is 0.264 e. The first-order valence-corrected chi connectivity index (χ1v) is 25.7. The molecule has 0 bridgehead atoms. The zero-order valence-corrected chi connectivity index (χ0v) is 42.8. The molecule has 16 heteroatoms. The van der Waals surface area contributed by atoms with Gasteiger partial charge in [-0.15, -0.1) is 0 Å². The highest BCUT2D eigenvalue weighted by molar-refractivity contribution is 5.95. The van der Waals surface area contributed by atoms with Gasteiger partial charge in [-0.3, -0.25) is 19.0 Å². The first-order chi connectivity index (χ1) is 34.5. The third-order valence-electron chi connectivity index (χ3n) is 16.6. The summed E-state index contributed by atoms with van der Waals surface area (Å²) in [5, 5.41) is 22.4. The van der Waals surface area contributed by atoms with Crippen molar-refractivity contribution < 1.29 is 27.8 Å². The van der Waals surface area contributed by atoms with E-state index >= 15 is 0 Å². The van der Waals surface area contributed by atoms with Crippen LogP contribution in [0.2, 0.25) is 0 Å². The van der Waals surface area contributed by atoms with Crippen LogP contribution in [-0.4, -0.2) is 106 Å². The van der Waals surface area contributed by atoms with Crippen molar-refractivity contribution in [3.8, 4) is 28.7 Å². The molecule has 10 rings (SSSR count). The van der Waals surface area contributed by atoms with E-state index in [4.69, 9.17) is 14.6 Å². The lowest BCUT2D eigenvalue weighted by Gasteiger charge is -2.63. The zero-order valence-electron chi connectivity index (χ0n) is 42.8. The highest BCUT2D eigenvalue weighted by Gasteiger charge is 2.64. The molecule has 5 aromatic rings. The van der Waals surface area contributed by atoms with Crippen LogP contribution in [0, 0.1) is 28.1 Å². The molecule has 2 amide bonds. The van der Waals surface area contributed by atoms with Crippen LogP contribution in [-0.2, 0) is 31.2 Å². The molecule has 3 aromatic carbocycles. The fourth-order valence-electron chi connectivity index (χ4n) is 13.0. The van der Waals surface area contributed by atoms with Crippen molar-refractivity contribution in [3.63, 3.8) is 0 Å². The molecule has 2 aromatic heterocycles. The van der Waals surface area contributed by atoms with Crippen LogP contribution in [0.3, 0.4) is 0 Å². The first-order valence-electron chi connectivity index (χ1n) is 25.7. The number of rotatable bonds is 12. The first kappa shape index (κ1) is 49.1. The van der Waals surface area contributed by atoms with E-state index in [1.807, 2.05) is 23.1 Å². The van der Waals surface area contributed by atoms with E-state index < -0.39 is 6.43 Å². The average molecular weight is 983 g/mol. The number of hydrogen-bond acceptors (Lipinski definition) is 10. The molecule has 72 heavy (non-hydrogen) atoms. The molecule has 6 heterocycles. The minimum Gasteiger partial charge on any atom is -0.495 e. The lowest BCUT2D eigenvalue weighted by Crippen LogP contribution is -2.74. The van der Waals surface area contributed by atoms with E-state index in [1.54, 1.807) is 55.3 Å². The number of alkyl halides is 2. The van der Waals surface area contributed by atoms with Gasteiger partial charge in [0.05, 0.1) is 31.5 Å². The molecule has 0 radical (unpaired) electrons. The summed E-state index contributed by atoms with van der Waals surface area (Å²) in [5.41, 5.74) is 6.70. The maximum Gasteiger partial charge on any atom is 0.264 e. The molecule has 0 atom stereocenters. The van der Waals surface area contributed by atoms with Crippen molar-refractivity contribution in [2.24, 2.45) is 23.8 Å². The number of ether oxygens (including phenoxy) is 2. The number of methoxy groups -OCH3 is 1. The maximum atomic E-state index is 14.8. The third kappa shape index (κ3) is 9.18. The molecular weight excluding hydrogens is 915 g/mol. The van der Waals surface area contributed by atoms with Crippen LogP contribution >= 0.6 is 0 Å². The summed E-state index contributed by atoms with van der Waals surface area (Å²) in [4.78, 5) is 35.5. The number of halogens is 2. The maximum absolute atomic E-state index is 14.8. The molecule has 380 valence electrons. The van der Waals surface area contributed by atoms with Crippen LogP contribution in [0.4, 0.5) is 26.0 Å². The summed E-state index contributed by atoms with van der Waals surface area (Å²) in [7, 11) is 3.33. The van der Waals surface area contributed by atoms with Gasteiger partial charge < -0.3 is 34.4 Å². The Hall–Kier alpha value is -6.47. The highest BCUT2D eigenvalue weighted by atomic mass is 19.3. The minimum absolute atomic E-state index is 0.00859. The van der Waals surface area contributed by atoms with Crippen LogP contribution in [0.5, 0.6) is 11.5 Å². The van der Waals surface area contributed by atoms with Crippen LogP contribution in [0.25, 0.3) is 11.1 Å². The van der Waals surface area contributed by atoms with Gasteiger partial charge in [0.1, 0.15) is 23.7 Å². The molecular formula is C56H68F2N10O4. The number of piperidine rings is 2. The van der Waals surface area contributed by atoms with Crippen LogP contribution in [0.1, 0.15) is 117 Å². The molecule has 2 saturated heterocycles. The molecule has 1 N–H and O–H groups in total. The van der Waals surface area contributed by atoms with Gasteiger partial charge in [-0.05, 0) is 104 Å². The number of aryl methyl sites for hydroxylation is 2. The van der Waals surface area contributed by atoms with E-state index in [2.05, 4.69) is 75.7 Å². The Balaban J connectivity index is 0.743. The largest absolute Gasteiger partial charge is 0.495 e. The number of hydrogen-bond donors (Lipinski definition) is 1. The second-order valence-electron chi connectivity index (χ2n) is 21.9. The van der Waals surface area contributed by atoms with E-state index in [0.717, 1.165) is 99.6 Å². The summed E-state index contributed by atoms with van der Waals surface area (Å²) in [6, 6.07) is 19.1. The third-order valence-corrected chi connectivity index (χ3v) is 16.6. The van der Waals surface area contributed by atoms with Crippen molar-refractivity contribution >= 4 is 29.0 Å². The lowest BCUT2D eigenvalue weighted by molar-refractivity contribution is -0.164. The van der Waals surface area contributed by atoms with Gasteiger partial charge in [-0.1, -0.05) is 27.7 Å². The standard InChI is InChI=1S/C56H68F2N10O4/c1-35(69)66-26-20-47-46(34-66)51(67-21-8-9-38-27-44(40-31-60-63(6)33-40)45(50(57)58)29-48(38)67)62-68(47)42-18-22-64(23-19-42)32-36-16-24-65(25-17-36)41-13-10-37(11-14-41)52(70)61-53-55(2,3)54(56(53,4)5)72-43-15-12-39(30-59)49(28-43)71-7/h10-15,27-29,31,33,36,42,50,53-54H,8-9,16-26,32,34H2,1-7H3,(H,61,70). The fourth-order valence-corrected chi connectivity index (χ4v) is 13.0. The summed E-state index contributed by atoms with van der Waals surface area (Å²) < 4.78 is 45.4. The van der Waals surface area contributed by atoms with E-state index in [9.17, 15) is 23.6 Å². The van der Waals surface area contributed by atoms with Crippen LogP contribution in [0.15, 0.2) is 67.0 Å². The van der Waals surface area contributed by atoms with Gasteiger partial charge in [0.15, 0.2) is 5.82 Å². The van der Waals surface area contributed by atoms with Gasteiger partial charge in [0.25, 0.3) is 12.3 Å². The van der Waals surface area contributed by atoms with Crippen LogP contribution < -0.4 is 24.6 Å². The Bertz CT molecular complexity index is 2850. The number of nitrogens with one attached hydrogen (secondary N) is 1. The molecule has 1 aliphatic carbocycles. The minimum atomic E-state index is -2.66. The number of carbonyl (C=O) groups excluding carboxylic acids is 2. The summed E-state index contributed by atoms with van der Waals surface area (Å²) in [6.45, 7) is 16.8. The zero-order chi connectivity index (χ0) is 50.6. The van der Waals surface area contributed by atoms with E-state index in [-0.39, 0.29) is 46.4 Å². The van der Waals surface area contributed by atoms with Crippen molar-refractivity contribution in [1.82, 2.24) is 34.7 Å². The molecule has 0 spiro atoms. The average Bonchev–Trinajstić information content (AvgIpc) is 4.00. The number of likely N-dealkylation sites (tertiary alicyclic amines) is 1. The number of aromatic nitrogens is 4. The van der Waals surface area contributed by atoms with E-state index in [1.165, 1.54) is 12.8 Å². The Kier molecular flexibility index (Phi) is 13.3. The van der Waals surface area contributed by atoms with Gasteiger partial charge in [-0.25, -0.2) is 8.78 Å². The Labute approximate surface area is 421 Å². The number of benzene rings is 3. The quantitative estimate of drug-likeness (QED) is 0.129. The molecule has 5 aliphatic rings. The predicted octanol–water partition coefficient (Wildman–Crippen LogP) is 9.26. The Morgan fingerprint density at radius 1 is 0.931 bits per heavy atom. The second-order valence-corrected chi connectivity index (χ2v) is 21.9. The summed E-state index contributed by atoms with van der Waals surface area (Å²) in [5.74, 6) is 2.42. The lowest BCUT2D eigenvalue weighted by atomic mass is 9.49. The Morgan fingerprint density at radius 2 is 1.67 bits per heavy atom. The second kappa shape index (κ2) is 19.5. The topological polar surface area (TPSA) is 137 Å². The fraction of sp³-hybridized carbons (Fsp3) is 0.518. The van der Waals surface area contributed by atoms with E-state index in [0.29, 0.717) is 65.7 Å². The summed E-state index contributed by atoms with van der Waals surface area (Å²) in [6.07, 6.45) is 7.11. The highest BCUT2D eigenvalue weighted by Crippen LogP contribution is 2.56. The number of fused-ring (bicyclic) bond motifs is 2. The normalized spacial score (nSPS) is 21.2. The molecule has 4 aliphatic heterocycles. The number of carbonyl (C=O) groups is 2. The van der Waals surface area contributed by atoms with Gasteiger partial charge >= 0.3 is 0 Å². The monoisotopic (exact) mass is 983 g/mol. The Morgan fingerprint density at radius 3 is 2.32 bits per heavy atom. The predicted molar refractivity (Wildman–Crippen MR) is 273 cm³/mol. The SMILES string of the molecule is COc1cc(OC2C(C)(C)C(NC(=O)c3ccc(N4CCC(CN5CCC(n6nc(N7CCCc8cc(-c9cnn(C)c9)c(C(F)F)cc87)c7c6CCN(C(C)=O)C7)CC5)CC4)cc3)C2(C)C)ccc1C#N. The van der Waals surface area contributed by atoms with Gasteiger partial charge in [0, 0.05) is 135 Å².